The van der Waals surface area contributed by atoms with E-state index in [0.29, 0.717) is 31.1 Å². The van der Waals surface area contributed by atoms with Crippen LogP contribution in [0.15, 0.2) is 35.4 Å². The van der Waals surface area contributed by atoms with Gasteiger partial charge in [0, 0.05) is 37.3 Å². The third-order valence-electron chi connectivity index (χ3n) is 3.94. The van der Waals surface area contributed by atoms with E-state index < -0.39 is 15.9 Å². The van der Waals surface area contributed by atoms with Crippen LogP contribution in [-0.2, 0) is 10.0 Å². The second-order valence-electron chi connectivity index (χ2n) is 5.47. The molecule has 1 aliphatic heterocycles. The first-order valence-corrected chi connectivity index (χ1v) is 9.71. The molecule has 24 heavy (non-hydrogen) atoms. The van der Waals surface area contributed by atoms with Gasteiger partial charge < -0.3 is 10.6 Å². The van der Waals surface area contributed by atoms with Crippen molar-refractivity contribution in [2.45, 2.75) is 11.8 Å². The van der Waals surface area contributed by atoms with Crippen LogP contribution in [-0.4, -0.2) is 49.8 Å². The van der Waals surface area contributed by atoms with E-state index in [9.17, 15) is 13.2 Å². The number of hydrogen-bond acceptors (Lipinski definition) is 6. The van der Waals surface area contributed by atoms with Gasteiger partial charge in [0.2, 0.25) is 10.0 Å². The molecule has 0 bridgehead atoms. The minimum absolute atomic E-state index is 0.174. The number of amides is 1. The smallest absolute Gasteiger partial charge is 0.258 e. The number of anilines is 1. The predicted octanol–water partition coefficient (Wildman–Crippen LogP) is 1.06. The van der Waals surface area contributed by atoms with Crippen LogP contribution in [0.4, 0.5) is 5.82 Å². The highest BCUT2D eigenvalue weighted by molar-refractivity contribution is 7.89. The summed E-state index contributed by atoms with van der Waals surface area (Å²) in [7, 11) is -3.62. The molecule has 0 radical (unpaired) electrons. The Balaban J connectivity index is 1.77. The molecular weight excluding hydrogens is 348 g/mol. The average Bonchev–Trinajstić information content (AvgIpc) is 2.99. The molecule has 1 amide bonds. The summed E-state index contributed by atoms with van der Waals surface area (Å²) in [6, 6.07) is 7.04. The number of thiophene rings is 1. The number of aryl methyl sites for hydroxylation is 1. The molecule has 2 aromatic heterocycles. The number of primary amides is 1. The van der Waals surface area contributed by atoms with Gasteiger partial charge in [0.05, 0.1) is 9.77 Å². The van der Waals surface area contributed by atoms with Crippen molar-refractivity contribution in [2.24, 2.45) is 5.73 Å². The summed E-state index contributed by atoms with van der Waals surface area (Å²) >= 11 is 1.11. The van der Waals surface area contributed by atoms with Crippen molar-refractivity contribution in [2.75, 3.05) is 31.1 Å². The molecule has 1 fully saturated rings. The fourth-order valence-electron chi connectivity index (χ4n) is 2.68. The van der Waals surface area contributed by atoms with Gasteiger partial charge >= 0.3 is 0 Å². The zero-order valence-corrected chi connectivity index (χ0v) is 14.8. The maximum Gasteiger partial charge on any atom is 0.258 e. The maximum absolute atomic E-state index is 12.8. The van der Waals surface area contributed by atoms with E-state index >= 15 is 0 Å². The zero-order valence-electron chi connectivity index (χ0n) is 13.2. The normalized spacial score (nSPS) is 16.3. The van der Waals surface area contributed by atoms with E-state index in [4.69, 9.17) is 5.73 Å². The number of rotatable bonds is 4. The number of nitrogens with zero attached hydrogens (tertiary/aromatic N) is 3. The summed E-state index contributed by atoms with van der Waals surface area (Å²) in [5.41, 5.74) is 5.25. The lowest BCUT2D eigenvalue weighted by Gasteiger charge is -2.34. The SMILES string of the molecule is Cc1sc(C(N)=O)cc1S(=O)(=O)N1CCN(c2ccccn2)CC1. The molecule has 0 spiro atoms. The molecule has 3 heterocycles. The van der Waals surface area contributed by atoms with Crippen LogP contribution in [0.25, 0.3) is 0 Å². The minimum Gasteiger partial charge on any atom is -0.365 e. The Morgan fingerprint density at radius 3 is 2.50 bits per heavy atom. The molecule has 3 rings (SSSR count). The number of carbonyl (C=O) groups excluding carboxylic acids is 1. The number of piperazine rings is 1. The third kappa shape index (κ3) is 3.14. The lowest BCUT2D eigenvalue weighted by molar-refractivity contribution is 0.100. The van der Waals surface area contributed by atoms with Gasteiger partial charge in [0.1, 0.15) is 5.82 Å². The van der Waals surface area contributed by atoms with E-state index in [1.165, 1.54) is 10.4 Å². The summed E-state index contributed by atoms with van der Waals surface area (Å²) in [5, 5.41) is 0. The standard InChI is InChI=1S/C15H18N4O3S2/c1-11-13(10-12(23-11)15(16)20)24(21,22)19-8-6-18(7-9-19)14-4-2-3-5-17-14/h2-5,10H,6-9H2,1H3,(H2,16,20). The van der Waals surface area contributed by atoms with Gasteiger partial charge in [-0.25, -0.2) is 13.4 Å². The Kier molecular flexibility index (Phi) is 4.57. The Hall–Kier alpha value is -1.97. The molecule has 0 aliphatic carbocycles. The molecule has 9 heteroatoms. The first-order chi connectivity index (χ1) is 11.4. The van der Waals surface area contributed by atoms with Gasteiger partial charge in [0.15, 0.2) is 0 Å². The van der Waals surface area contributed by atoms with Crippen molar-refractivity contribution in [3.8, 4) is 0 Å². The van der Waals surface area contributed by atoms with E-state index in [1.54, 1.807) is 13.1 Å². The molecule has 0 atom stereocenters. The Labute approximate surface area is 144 Å². The Morgan fingerprint density at radius 1 is 1.25 bits per heavy atom. The van der Waals surface area contributed by atoms with Crippen LogP contribution in [0.1, 0.15) is 14.5 Å². The topological polar surface area (TPSA) is 96.6 Å². The maximum atomic E-state index is 12.8. The van der Waals surface area contributed by atoms with E-state index in [1.807, 2.05) is 18.2 Å². The van der Waals surface area contributed by atoms with Crippen molar-refractivity contribution in [3.05, 3.63) is 40.2 Å². The highest BCUT2D eigenvalue weighted by Gasteiger charge is 2.31. The Bertz CT molecular complexity index is 841. The zero-order chi connectivity index (χ0) is 17.3. The summed E-state index contributed by atoms with van der Waals surface area (Å²) in [6.45, 7) is 3.58. The van der Waals surface area contributed by atoms with E-state index in [0.717, 1.165) is 17.2 Å². The van der Waals surface area contributed by atoms with Crippen molar-refractivity contribution >= 4 is 33.1 Å². The van der Waals surface area contributed by atoms with Crippen LogP contribution in [0, 0.1) is 6.92 Å². The van der Waals surface area contributed by atoms with Crippen molar-refractivity contribution in [1.82, 2.24) is 9.29 Å². The highest BCUT2D eigenvalue weighted by atomic mass is 32.2. The molecule has 0 unspecified atom stereocenters. The van der Waals surface area contributed by atoms with E-state index in [2.05, 4.69) is 9.88 Å². The number of pyridine rings is 1. The summed E-state index contributed by atoms with van der Waals surface area (Å²) in [6.07, 6.45) is 1.72. The molecule has 1 saturated heterocycles. The number of nitrogens with two attached hydrogens (primary N) is 1. The van der Waals surface area contributed by atoms with Crippen molar-refractivity contribution in [1.29, 1.82) is 0 Å². The predicted molar refractivity (Wildman–Crippen MR) is 92.8 cm³/mol. The molecule has 128 valence electrons. The molecule has 7 nitrogen and oxygen atoms in total. The second-order valence-corrected chi connectivity index (χ2v) is 8.64. The highest BCUT2D eigenvalue weighted by Crippen LogP contribution is 2.29. The number of hydrogen-bond donors (Lipinski definition) is 1. The molecule has 0 aromatic carbocycles. The first-order valence-electron chi connectivity index (χ1n) is 7.46. The van der Waals surface area contributed by atoms with Crippen LogP contribution in [0.3, 0.4) is 0 Å². The number of aromatic nitrogens is 1. The van der Waals surface area contributed by atoms with Crippen LogP contribution in [0.2, 0.25) is 0 Å². The van der Waals surface area contributed by atoms with Gasteiger partial charge in [-0.1, -0.05) is 6.07 Å². The average molecular weight is 366 g/mol. The Morgan fingerprint density at radius 2 is 1.96 bits per heavy atom. The van der Waals surface area contributed by atoms with Crippen LogP contribution in [0.5, 0.6) is 0 Å². The lowest BCUT2D eigenvalue weighted by atomic mass is 10.3. The molecular formula is C15H18N4O3S2. The lowest BCUT2D eigenvalue weighted by Crippen LogP contribution is -2.48. The van der Waals surface area contributed by atoms with Gasteiger partial charge in [-0.3, -0.25) is 4.79 Å². The fraction of sp³-hybridized carbons (Fsp3) is 0.333. The minimum atomic E-state index is -3.62. The quantitative estimate of drug-likeness (QED) is 0.873. The van der Waals surface area contributed by atoms with Gasteiger partial charge in [-0.2, -0.15) is 4.31 Å². The van der Waals surface area contributed by atoms with Gasteiger partial charge in [-0.15, -0.1) is 11.3 Å². The van der Waals surface area contributed by atoms with Gasteiger partial charge in [-0.05, 0) is 25.1 Å². The number of carbonyl (C=O) groups is 1. The second kappa shape index (κ2) is 6.50. The van der Waals surface area contributed by atoms with Crippen molar-refractivity contribution in [3.63, 3.8) is 0 Å². The monoisotopic (exact) mass is 366 g/mol. The van der Waals surface area contributed by atoms with E-state index in [-0.39, 0.29) is 9.77 Å². The first kappa shape index (κ1) is 16.9. The molecule has 1 aliphatic rings. The number of sulfonamides is 1. The summed E-state index contributed by atoms with van der Waals surface area (Å²) < 4.78 is 27.1. The molecule has 2 N–H and O–H groups in total. The third-order valence-corrected chi connectivity index (χ3v) is 7.16. The van der Waals surface area contributed by atoms with Crippen LogP contribution < -0.4 is 10.6 Å². The van der Waals surface area contributed by atoms with Crippen molar-refractivity contribution < 1.29 is 13.2 Å². The summed E-state index contributed by atoms with van der Waals surface area (Å²) in [4.78, 5) is 18.6. The van der Waals surface area contributed by atoms with Gasteiger partial charge in [0.25, 0.3) is 5.91 Å². The fourth-order valence-corrected chi connectivity index (χ4v) is 5.51. The molecule has 2 aromatic rings. The summed E-state index contributed by atoms with van der Waals surface area (Å²) in [5.74, 6) is 0.238. The molecule has 0 saturated carbocycles. The van der Waals surface area contributed by atoms with Crippen LogP contribution >= 0.6 is 11.3 Å². The largest absolute Gasteiger partial charge is 0.365 e.